The molecular formula is C22H25ClN4OS. The molecule has 7 heteroatoms. The molecule has 1 atom stereocenters. The molecule has 2 aliphatic rings. The Labute approximate surface area is 180 Å². The number of halogens is 1. The van der Waals surface area contributed by atoms with Crippen molar-refractivity contribution < 1.29 is 4.79 Å². The number of hydrogen-bond acceptors (Lipinski definition) is 5. The van der Waals surface area contributed by atoms with E-state index in [0.717, 1.165) is 66.7 Å². The molecular weight excluding hydrogens is 404 g/mol. The Hall–Kier alpha value is -2.07. The van der Waals surface area contributed by atoms with Gasteiger partial charge in [0.1, 0.15) is 11.1 Å². The Balaban J connectivity index is 1.33. The average molecular weight is 429 g/mol. The summed E-state index contributed by atoms with van der Waals surface area (Å²) in [5.41, 5.74) is 3.00. The van der Waals surface area contributed by atoms with E-state index in [-0.39, 0.29) is 5.91 Å². The van der Waals surface area contributed by atoms with E-state index in [1.165, 1.54) is 4.88 Å². The lowest BCUT2D eigenvalue weighted by Gasteiger charge is -2.35. The van der Waals surface area contributed by atoms with Gasteiger partial charge in [0.05, 0.1) is 12.1 Å². The van der Waals surface area contributed by atoms with Crippen LogP contribution in [-0.4, -0.2) is 43.5 Å². The summed E-state index contributed by atoms with van der Waals surface area (Å²) >= 11 is 7.56. The monoisotopic (exact) mass is 428 g/mol. The summed E-state index contributed by atoms with van der Waals surface area (Å²) in [4.78, 5) is 18.4. The van der Waals surface area contributed by atoms with E-state index in [1.807, 2.05) is 24.3 Å². The van der Waals surface area contributed by atoms with Gasteiger partial charge >= 0.3 is 0 Å². The molecule has 1 amide bonds. The van der Waals surface area contributed by atoms with E-state index in [0.29, 0.717) is 18.0 Å². The van der Waals surface area contributed by atoms with Gasteiger partial charge in [-0.05, 0) is 55.0 Å². The van der Waals surface area contributed by atoms with Gasteiger partial charge in [-0.3, -0.25) is 9.69 Å². The fourth-order valence-electron chi connectivity index (χ4n) is 4.14. The number of fused-ring (bicyclic) bond motifs is 1. The van der Waals surface area contributed by atoms with Gasteiger partial charge in [0, 0.05) is 41.8 Å². The van der Waals surface area contributed by atoms with Crippen LogP contribution in [0.15, 0.2) is 24.3 Å². The fourth-order valence-corrected chi connectivity index (χ4v) is 5.65. The number of carbonyl (C=O) groups excluding carboxylic acids is 1. The SMILES string of the molecule is CC1CCc2c(sc(NC(=O)CN3CCN(c4ccc(Cl)cc4)CC3)c2C#N)C1. The summed E-state index contributed by atoms with van der Waals surface area (Å²) in [5.74, 6) is 0.612. The molecule has 2 heterocycles. The molecule has 1 N–H and O–H groups in total. The minimum Gasteiger partial charge on any atom is -0.369 e. The van der Waals surface area contributed by atoms with Gasteiger partial charge in [0.25, 0.3) is 0 Å². The van der Waals surface area contributed by atoms with E-state index in [1.54, 1.807) is 11.3 Å². The molecule has 1 aliphatic carbocycles. The third kappa shape index (κ3) is 4.58. The van der Waals surface area contributed by atoms with Gasteiger partial charge in [0.2, 0.25) is 5.91 Å². The first kappa shape index (κ1) is 20.2. The summed E-state index contributed by atoms with van der Waals surface area (Å²) in [6.45, 7) is 6.03. The largest absolute Gasteiger partial charge is 0.369 e. The first-order valence-corrected chi connectivity index (χ1v) is 11.3. The second kappa shape index (κ2) is 8.74. The highest BCUT2D eigenvalue weighted by Gasteiger charge is 2.25. The second-order valence-electron chi connectivity index (χ2n) is 7.96. The predicted octanol–water partition coefficient (Wildman–Crippen LogP) is 4.16. The summed E-state index contributed by atoms with van der Waals surface area (Å²) in [6.07, 6.45) is 3.07. The van der Waals surface area contributed by atoms with Crippen molar-refractivity contribution >= 4 is 39.5 Å². The van der Waals surface area contributed by atoms with Gasteiger partial charge in [0.15, 0.2) is 0 Å². The number of carbonyl (C=O) groups is 1. The molecule has 0 saturated carbocycles. The number of amides is 1. The van der Waals surface area contributed by atoms with Crippen LogP contribution in [0.5, 0.6) is 0 Å². The number of thiophene rings is 1. The van der Waals surface area contributed by atoms with Gasteiger partial charge in [-0.2, -0.15) is 5.26 Å². The first-order chi connectivity index (χ1) is 14.0. The average Bonchev–Trinajstić information content (AvgIpc) is 3.05. The van der Waals surface area contributed by atoms with Crippen LogP contribution < -0.4 is 10.2 Å². The number of anilines is 2. The smallest absolute Gasteiger partial charge is 0.239 e. The highest BCUT2D eigenvalue weighted by atomic mass is 35.5. The molecule has 0 spiro atoms. The van der Waals surface area contributed by atoms with Gasteiger partial charge in [-0.15, -0.1) is 11.3 Å². The third-order valence-electron chi connectivity index (χ3n) is 5.81. The molecule has 1 fully saturated rings. The zero-order chi connectivity index (χ0) is 20.4. The summed E-state index contributed by atoms with van der Waals surface area (Å²) in [6, 6.07) is 10.2. The topological polar surface area (TPSA) is 59.4 Å². The predicted molar refractivity (Wildman–Crippen MR) is 119 cm³/mol. The normalized spacial score (nSPS) is 19.5. The number of hydrogen-bond donors (Lipinski definition) is 1. The Morgan fingerprint density at radius 1 is 1.28 bits per heavy atom. The highest BCUT2D eigenvalue weighted by Crippen LogP contribution is 2.39. The number of nitrogens with zero attached hydrogens (tertiary/aromatic N) is 3. The van der Waals surface area contributed by atoms with Crippen LogP contribution >= 0.6 is 22.9 Å². The molecule has 2 aromatic rings. The molecule has 152 valence electrons. The molecule has 1 saturated heterocycles. The minimum absolute atomic E-state index is 0.0342. The lowest BCUT2D eigenvalue weighted by Crippen LogP contribution is -2.48. The number of nitrogens with one attached hydrogen (secondary N) is 1. The van der Waals surface area contributed by atoms with Crippen LogP contribution in [0.3, 0.4) is 0 Å². The molecule has 29 heavy (non-hydrogen) atoms. The lowest BCUT2D eigenvalue weighted by atomic mass is 9.89. The van der Waals surface area contributed by atoms with Crippen LogP contribution in [0.1, 0.15) is 29.3 Å². The number of rotatable bonds is 4. The van der Waals surface area contributed by atoms with Crippen molar-refractivity contribution in [3.63, 3.8) is 0 Å². The Kier molecular flexibility index (Phi) is 6.09. The Bertz CT molecular complexity index is 926. The maximum absolute atomic E-state index is 12.6. The van der Waals surface area contributed by atoms with Crippen molar-refractivity contribution in [3.8, 4) is 6.07 Å². The number of piperazine rings is 1. The van der Waals surface area contributed by atoms with E-state index in [2.05, 4.69) is 28.1 Å². The summed E-state index contributed by atoms with van der Waals surface area (Å²) in [7, 11) is 0. The molecule has 1 aromatic heterocycles. The van der Waals surface area contributed by atoms with E-state index >= 15 is 0 Å². The van der Waals surface area contributed by atoms with E-state index in [4.69, 9.17) is 11.6 Å². The molecule has 1 unspecified atom stereocenters. The zero-order valence-electron chi connectivity index (χ0n) is 16.6. The zero-order valence-corrected chi connectivity index (χ0v) is 18.2. The summed E-state index contributed by atoms with van der Waals surface area (Å²) in [5, 5.41) is 14.1. The van der Waals surface area contributed by atoms with Crippen molar-refractivity contribution in [1.29, 1.82) is 5.26 Å². The van der Waals surface area contributed by atoms with Crippen molar-refractivity contribution in [3.05, 3.63) is 45.3 Å². The minimum atomic E-state index is -0.0342. The molecule has 0 bridgehead atoms. The van der Waals surface area contributed by atoms with Gasteiger partial charge < -0.3 is 10.2 Å². The molecule has 4 rings (SSSR count). The van der Waals surface area contributed by atoms with Crippen molar-refractivity contribution in [2.45, 2.75) is 26.2 Å². The fraction of sp³-hybridized carbons (Fsp3) is 0.455. The van der Waals surface area contributed by atoms with E-state index in [9.17, 15) is 10.1 Å². The van der Waals surface area contributed by atoms with Crippen LogP contribution in [0.25, 0.3) is 0 Å². The third-order valence-corrected chi connectivity index (χ3v) is 7.23. The van der Waals surface area contributed by atoms with Crippen LogP contribution in [-0.2, 0) is 17.6 Å². The van der Waals surface area contributed by atoms with Crippen LogP contribution in [0.4, 0.5) is 10.7 Å². The molecule has 5 nitrogen and oxygen atoms in total. The molecule has 1 aliphatic heterocycles. The first-order valence-electron chi connectivity index (χ1n) is 10.1. The Morgan fingerprint density at radius 2 is 2.00 bits per heavy atom. The van der Waals surface area contributed by atoms with Gasteiger partial charge in [-0.25, -0.2) is 0 Å². The van der Waals surface area contributed by atoms with Crippen LogP contribution in [0.2, 0.25) is 5.02 Å². The van der Waals surface area contributed by atoms with Crippen molar-refractivity contribution in [1.82, 2.24) is 4.90 Å². The van der Waals surface area contributed by atoms with Gasteiger partial charge in [-0.1, -0.05) is 18.5 Å². The molecule has 1 aromatic carbocycles. The summed E-state index contributed by atoms with van der Waals surface area (Å²) < 4.78 is 0. The number of benzene rings is 1. The maximum atomic E-state index is 12.6. The molecule has 0 radical (unpaired) electrons. The quantitative estimate of drug-likeness (QED) is 0.794. The van der Waals surface area contributed by atoms with Crippen molar-refractivity contribution in [2.75, 3.05) is 42.9 Å². The van der Waals surface area contributed by atoms with Crippen molar-refractivity contribution in [2.24, 2.45) is 5.92 Å². The van der Waals surface area contributed by atoms with E-state index < -0.39 is 0 Å². The Morgan fingerprint density at radius 3 is 2.69 bits per heavy atom. The standard InChI is InChI=1S/C22H25ClN4OS/c1-15-2-7-18-19(13-24)22(29-20(18)12-15)25-21(28)14-26-8-10-27(11-9-26)17-5-3-16(23)4-6-17/h3-6,15H,2,7-12,14H2,1H3,(H,25,28). The number of nitriles is 1. The highest BCUT2D eigenvalue weighted by molar-refractivity contribution is 7.16. The lowest BCUT2D eigenvalue weighted by molar-refractivity contribution is -0.117. The second-order valence-corrected chi connectivity index (χ2v) is 9.50. The maximum Gasteiger partial charge on any atom is 0.239 e. The van der Waals surface area contributed by atoms with Crippen LogP contribution in [0, 0.1) is 17.2 Å².